The van der Waals surface area contributed by atoms with Crippen LogP contribution < -0.4 is 10.3 Å². The zero-order valence-corrected chi connectivity index (χ0v) is 17.1. The maximum atomic E-state index is 10.5. The smallest absolute Gasteiger partial charge is 0.294 e. The fourth-order valence-electron chi connectivity index (χ4n) is 3.15. The van der Waals surface area contributed by atoms with Gasteiger partial charge in [-0.1, -0.05) is 29.8 Å². The van der Waals surface area contributed by atoms with Crippen LogP contribution in [0.4, 0.5) is 5.69 Å². The fraction of sp³-hybridized carbons (Fsp3) is 0.350. The summed E-state index contributed by atoms with van der Waals surface area (Å²) >= 11 is 0. The monoisotopic (exact) mass is 390 g/mol. The Balaban J connectivity index is 0.000000208. The number of hydrogen-bond acceptors (Lipinski definition) is 4. The van der Waals surface area contributed by atoms with Crippen molar-refractivity contribution < 1.29 is 13.0 Å². The first-order valence-corrected chi connectivity index (χ1v) is 10.2. The topological polar surface area (TPSA) is 92.8 Å². The Morgan fingerprint density at radius 3 is 2.19 bits per heavy atom. The first kappa shape index (κ1) is 21.1. The summed E-state index contributed by atoms with van der Waals surface area (Å²) in [5, 5.41) is 3.92. The number of rotatable bonds is 2. The number of fused-ring (bicyclic) bond motifs is 1. The molecule has 1 aliphatic carbocycles. The van der Waals surface area contributed by atoms with Crippen molar-refractivity contribution in [3.05, 3.63) is 59.2 Å². The number of nitrogens with two attached hydrogens (primary N) is 1. The van der Waals surface area contributed by atoms with E-state index in [1.54, 1.807) is 12.1 Å². The van der Waals surface area contributed by atoms with E-state index in [4.69, 9.17) is 10.4 Å². The highest BCUT2D eigenvalue weighted by Crippen LogP contribution is 2.31. The van der Waals surface area contributed by atoms with Crippen LogP contribution in [0.1, 0.15) is 29.5 Å². The summed E-state index contributed by atoms with van der Waals surface area (Å²) in [5.41, 5.74) is 6.05. The first-order chi connectivity index (χ1) is 12.5. The molecule has 0 atom stereocenters. The van der Waals surface area contributed by atoms with Gasteiger partial charge in [0.25, 0.3) is 10.1 Å². The summed E-state index contributed by atoms with van der Waals surface area (Å²) in [6.07, 6.45) is 3.30. The van der Waals surface area contributed by atoms with Crippen molar-refractivity contribution in [2.24, 2.45) is 10.9 Å². The van der Waals surface area contributed by atoms with E-state index >= 15 is 0 Å². The number of quaternary nitrogens is 1. The molecule has 7 heteroatoms. The van der Waals surface area contributed by atoms with Gasteiger partial charge < -0.3 is 5.84 Å². The maximum Gasteiger partial charge on any atom is 0.294 e. The van der Waals surface area contributed by atoms with Gasteiger partial charge in [0.15, 0.2) is 0 Å². The number of benzene rings is 2. The third-order valence-electron chi connectivity index (χ3n) is 4.50. The second kappa shape index (κ2) is 8.21. The number of hydrazone groups is 1. The Morgan fingerprint density at radius 1 is 1.04 bits per heavy atom. The highest BCUT2D eigenvalue weighted by atomic mass is 32.2. The van der Waals surface area contributed by atoms with Crippen LogP contribution in [0.15, 0.2) is 52.5 Å². The van der Waals surface area contributed by atoms with Gasteiger partial charge >= 0.3 is 0 Å². The SMILES string of the molecule is C[N+](C)(C)c1cccc2c1CCC/C2=N\N.Cc1ccc(S(=O)(=O)O)cc1. The Bertz CT molecular complexity index is 928. The molecule has 0 saturated carbocycles. The van der Waals surface area contributed by atoms with Gasteiger partial charge in [0.1, 0.15) is 5.69 Å². The van der Waals surface area contributed by atoms with Crippen LogP contribution in [0, 0.1) is 6.92 Å². The molecule has 1 aliphatic rings. The first-order valence-electron chi connectivity index (χ1n) is 8.79. The van der Waals surface area contributed by atoms with Crippen LogP contribution in [0.25, 0.3) is 0 Å². The van der Waals surface area contributed by atoms with Gasteiger partial charge in [-0.2, -0.15) is 13.5 Å². The molecule has 146 valence electrons. The molecule has 0 saturated heterocycles. The molecular formula is C20H28N3O3S+. The molecule has 0 heterocycles. The zero-order valence-electron chi connectivity index (χ0n) is 16.3. The predicted molar refractivity (Wildman–Crippen MR) is 111 cm³/mol. The van der Waals surface area contributed by atoms with Crippen LogP contribution in [0.3, 0.4) is 0 Å². The van der Waals surface area contributed by atoms with Crippen LogP contribution >= 0.6 is 0 Å². The van der Waals surface area contributed by atoms with Crippen molar-refractivity contribution in [3.8, 4) is 0 Å². The summed E-state index contributed by atoms with van der Waals surface area (Å²) in [7, 11) is 2.57. The summed E-state index contributed by atoms with van der Waals surface area (Å²) < 4.78 is 30.4. The lowest BCUT2D eigenvalue weighted by Crippen LogP contribution is -2.36. The molecule has 0 unspecified atom stereocenters. The minimum atomic E-state index is -4.02. The van der Waals surface area contributed by atoms with E-state index in [2.05, 4.69) is 44.4 Å². The molecule has 0 aromatic heterocycles. The number of aryl methyl sites for hydroxylation is 1. The van der Waals surface area contributed by atoms with Crippen LogP contribution in [0.5, 0.6) is 0 Å². The fourth-order valence-corrected chi connectivity index (χ4v) is 3.63. The Kier molecular flexibility index (Phi) is 6.41. The summed E-state index contributed by atoms with van der Waals surface area (Å²) in [6.45, 7) is 1.84. The molecule has 0 spiro atoms. The number of nitrogens with zero attached hydrogens (tertiary/aromatic N) is 2. The van der Waals surface area contributed by atoms with Gasteiger partial charge in [-0.05, 0) is 44.4 Å². The average molecular weight is 391 g/mol. The molecule has 27 heavy (non-hydrogen) atoms. The molecule has 0 bridgehead atoms. The standard InChI is InChI=1S/C13H20N3.C7H8O3S/c1-16(2,3)13-9-5-6-10-11(13)7-4-8-12(10)15-14;1-6-2-4-7(5-3-6)11(8,9)10/h5-6,9H,4,7-8,14H2,1-3H3;2-5H,1H3,(H,8,9,10)/q+1;/b15-12+;. The largest absolute Gasteiger partial charge is 0.323 e. The highest BCUT2D eigenvalue weighted by Gasteiger charge is 2.24. The normalized spacial score (nSPS) is 15.7. The van der Waals surface area contributed by atoms with E-state index in [1.807, 2.05) is 6.92 Å². The van der Waals surface area contributed by atoms with Gasteiger partial charge in [-0.3, -0.25) is 9.04 Å². The van der Waals surface area contributed by atoms with E-state index in [9.17, 15) is 8.42 Å². The van der Waals surface area contributed by atoms with Gasteiger partial charge in [-0.15, -0.1) is 0 Å². The third kappa shape index (κ3) is 5.38. The lowest BCUT2D eigenvalue weighted by atomic mass is 9.88. The molecular weight excluding hydrogens is 362 g/mol. The van der Waals surface area contributed by atoms with Gasteiger partial charge in [0, 0.05) is 11.1 Å². The van der Waals surface area contributed by atoms with E-state index < -0.39 is 10.1 Å². The van der Waals surface area contributed by atoms with Crippen LogP contribution in [-0.4, -0.2) is 39.8 Å². The van der Waals surface area contributed by atoms with Crippen molar-refractivity contribution in [1.82, 2.24) is 4.48 Å². The van der Waals surface area contributed by atoms with E-state index in [-0.39, 0.29) is 4.90 Å². The van der Waals surface area contributed by atoms with Gasteiger partial charge in [-0.25, -0.2) is 0 Å². The Labute approximate surface area is 161 Å². The molecule has 2 aromatic carbocycles. The molecule has 0 aliphatic heterocycles. The summed E-state index contributed by atoms with van der Waals surface area (Å²) in [4.78, 5) is -0.0666. The van der Waals surface area contributed by atoms with Crippen molar-refractivity contribution in [2.75, 3.05) is 21.1 Å². The minimum Gasteiger partial charge on any atom is -0.323 e. The molecule has 0 amide bonds. The molecule has 0 fully saturated rings. The Hall–Kier alpha value is -2.22. The molecule has 6 nitrogen and oxygen atoms in total. The van der Waals surface area contributed by atoms with Crippen LogP contribution in [0.2, 0.25) is 0 Å². The van der Waals surface area contributed by atoms with Crippen molar-refractivity contribution >= 4 is 21.5 Å². The van der Waals surface area contributed by atoms with Crippen LogP contribution in [-0.2, 0) is 16.5 Å². The quantitative estimate of drug-likeness (QED) is 0.357. The highest BCUT2D eigenvalue weighted by molar-refractivity contribution is 7.85. The third-order valence-corrected chi connectivity index (χ3v) is 5.37. The average Bonchev–Trinajstić information content (AvgIpc) is 2.60. The number of hydrogen-bond donors (Lipinski definition) is 2. The molecule has 3 N–H and O–H groups in total. The van der Waals surface area contributed by atoms with E-state index in [1.165, 1.54) is 28.9 Å². The van der Waals surface area contributed by atoms with Gasteiger partial charge in [0.2, 0.25) is 0 Å². The second-order valence-corrected chi connectivity index (χ2v) is 8.95. The van der Waals surface area contributed by atoms with E-state index in [0.29, 0.717) is 0 Å². The molecule has 2 aromatic rings. The predicted octanol–water partition coefficient (Wildman–Crippen LogP) is 3.12. The zero-order chi connectivity index (χ0) is 20.2. The van der Waals surface area contributed by atoms with Crippen molar-refractivity contribution in [1.29, 1.82) is 0 Å². The lowest BCUT2D eigenvalue weighted by molar-refractivity contribution is 0.481. The van der Waals surface area contributed by atoms with E-state index in [0.717, 1.165) is 35.0 Å². The lowest BCUT2D eigenvalue weighted by Gasteiger charge is -2.29. The second-order valence-electron chi connectivity index (χ2n) is 7.53. The van der Waals surface area contributed by atoms with Crippen molar-refractivity contribution in [2.45, 2.75) is 31.1 Å². The maximum absolute atomic E-state index is 10.5. The molecule has 0 radical (unpaired) electrons. The summed E-state index contributed by atoms with van der Waals surface area (Å²) in [6, 6.07) is 12.4. The van der Waals surface area contributed by atoms with Crippen molar-refractivity contribution in [3.63, 3.8) is 0 Å². The Morgan fingerprint density at radius 2 is 1.67 bits per heavy atom. The molecule has 3 rings (SSSR count). The summed E-state index contributed by atoms with van der Waals surface area (Å²) in [5.74, 6) is 5.46. The minimum absolute atomic E-state index is 0.0666. The van der Waals surface area contributed by atoms with Gasteiger partial charge in [0.05, 0.1) is 31.8 Å².